The molecule has 0 bridgehead atoms. The van der Waals surface area contributed by atoms with E-state index in [0.29, 0.717) is 17.8 Å². The van der Waals surface area contributed by atoms with Crippen molar-refractivity contribution in [2.45, 2.75) is 13.5 Å². The average molecular weight is 241 g/mol. The molecule has 1 amide bonds. The number of carbonyl (C=O) groups excluding carboxylic acids is 1. The fourth-order valence-corrected chi connectivity index (χ4v) is 1.58. The molecule has 92 valence electrons. The molecule has 1 heterocycles. The minimum Gasteiger partial charge on any atom is -0.398 e. The number of anilines is 1. The van der Waals surface area contributed by atoms with E-state index < -0.39 is 0 Å². The summed E-state index contributed by atoms with van der Waals surface area (Å²) >= 11 is 0. The Morgan fingerprint density at radius 1 is 1.28 bits per heavy atom. The van der Waals surface area contributed by atoms with Gasteiger partial charge in [-0.25, -0.2) is 0 Å². The van der Waals surface area contributed by atoms with Crippen LogP contribution in [0.2, 0.25) is 0 Å². The first kappa shape index (κ1) is 12.1. The molecule has 4 heteroatoms. The number of benzene rings is 1. The Hall–Kier alpha value is -2.36. The van der Waals surface area contributed by atoms with Gasteiger partial charge in [0.1, 0.15) is 0 Å². The summed E-state index contributed by atoms with van der Waals surface area (Å²) in [5, 5.41) is 2.82. The lowest BCUT2D eigenvalue weighted by Gasteiger charge is -2.07. The van der Waals surface area contributed by atoms with Gasteiger partial charge in [-0.3, -0.25) is 9.78 Å². The topological polar surface area (TPSA) is 68.0 Å². The van der Waals surface area contributed by atoms with Crippen LogP contribution >= 0.6 is 0 Å². The number of amides is 1. The van der Waals surface area contributed by atoms with Crippen LogP contribution in [-0.4, -0.2) is 10.9 Å². The molecule has 0 saturated carbocycles. The van der Waals surface area contributed by atoms with Crippen LogP contribution in [0.25, 0.3) is 0 Å². The van der Waals surface area contributed by atoms with Crippen LogP contribution in [0.15, 0.2) is 42.6 Å². The number of hydrogen-bond donors (Lipinski definition) is 2. The van der Waals surface area contributed by atoms with Crippen molar-refractivity contribution in [3.8, 4) is 0 Å². The highest BCUT2D eigenvalue weighted by atomic mass is 16.1. The summed E-state index contributed by atoms with van der Waals surface area (Å²) in [7, 11) is 0. The minimum absolute atomic E-state index is 0.173. The van der Waals surface area contributed by atoms with Crippen LogP contribution in [0.1, 0.15) is 21.6 Å². The van der Waals surface area contributed by atoms with Crippen LogP contribution in [0, 0.1) is 6.92 Å². The maximum atomic E-state index is 11.9. The molecule has 0 radical (unpaired) electrons. The zero-order valence-electron chi connectivity index (χ0n) is 10.2. The molecule has 0 spiro atoms. The van der Waals surface area contributed by atoms with Crippen LogP contribution in [-0.2, 0) is 6.54 Å². The minimum atomic E-state index is -0.173. The summed E-state index contributed by atoms with van der Waals surface area (Å²) in [6, 6.07) is 10.9. The molecular formula is C14H15N3O. The number of aromatic nitrogens is 1. The normalized spacial score (nSPS) is 10.1. The molecule has 2 rings (SSSR count). The Morgan fingerprint density at radius 3 is 2.72 bits per heavy atom. The quantitative estimate of drug-likeness (QED) is 0.806. The Bertz CT molecular complexity index is 549. The number of para-hydroxylation sites is 1. The van der Waals surface area contributed by atoms with E-state index in [1.807, 2.05) is 19.1 Å². The maximum Gasteiger partial charge on any atom is 0.253 e. The van der Waals surface area contributed by atoms with E-state index in [4.69, 9.17) is 5.73 Å². The Kier molecular flexibility index (Phi) is 3.57. The van der Waals surface area contributed by atoms with Crippen molar-refractivity contribution in [2.75, 3.05) is 5.73 Å². The van der Waals surface area contributed by atoms with Crippen LogP contribution < -0.4 is 11.1 Å². The molecule has 18 heavy (non-hydrogen) atoms. The molecule has 0 fully saturated rings. The van der Waals surface area contributed by atoms with Crippen LogP contribution in [0.4, 0.5) is 5.69 Å². The highest BCUT2D eigenvalue weighted by molar-refractivity contribution is 5.98. The van der Waals surface area contributed by atoms with Crippen LogP contribution in [0.5, 0.6) is 0 Å². The zero-order valence-corrected chi connectivity index (χ0v) is 10.2. The first-order chi connectivity index (χ1) is 8.66. The average Bonchev–Trinajstić information content (AvgIpc) is 2.38. The first-order valence-corrected chi connectivity index (χ1v) is 5.71. The van der Waals surface area contributed by atoms with Crippen molar-refractivity contribution < 1.29 is 4.79 Å². The fourth-order valence-electron chi connectivity index (χ4n) is 1.58. The third-order valence-corrected chi connectivity index (χ3v) is 2.63. The molecule has 4 nitrogen and oxygen atoms in total. The monoisotopic (exact) mass is 241 g/mol. The van der Waals surface area contributed by atoms with Gasteiger partial charge in [-0.1, -0.05) is 18.2 Å². The van der Waals surface area contributed by atoms with Gasteiger partial charge in [0.15, 0.2) is 0 Å². The van der Waals surface area contributed by atoms with E-state index >= 15 is 0 Å². The van der Waals surface area contributed by atoms with Crippen molar-refractivity contribution in [3.05, 3.63) is 59.4 Å². The van der Waals surface area contributed by atoms with E-state index in [0.717, 1.165) is 11.3 Å². The molecular weight excluding hydrogens is 226 g/mol. The summed E-state index contributed by atoms with van der Waals surface area (Å²) in [5.74, 6) is -0.173. The lowest BCUT2D eigenvalue weighted by atomic mass is 10.1. The number of nitrogens with zero attached hydrogens (tertiary/aromatic N) is 1. The van der Waals surface area contributed by atoms with E-state index in [1.54, 1.807) is 30.5 Å². The van der Waals surface area contributed by atoms with Gasteiger partial charge in [0, 0.05) is 24.1 Å². The SMILES string of the molecule is Cc1ccc(CNC(=O)c2ccccc2N)cn1. The van der Waals surface area contributed by atoms with Crippen molar-refractivity contribution >= 4 is 11.6 Å². The van der Waals surface area contributed by atoms with Crippen molar-refractivity contribution in [2.24, 2.45) is 0 Å². The van der Waals surface area contributed by atoms with Gasteiger partial charge in [-0.2, -0.15) is 0 Å². The van der Waals surface area contributed by atoms with Gasteiger partial charge in [-0.15, -0.1) is 0 Å². The molecule has 0 aliphatic heterocycles. The summed E-state index contributed by atoms with van der Waals surface area (Å²) < 4.78 is 0. The van der Waals surface area contributed by atoms with E-state index in [9.17, 15) is 4.79 Å². The van der Waals surface area contributed by atoms with E-state index in [-0.39, 0.29) is 5.91 Å². The second-order valence-corrected chi connectivity index (χ2v) is 4.08. The number of hydrogen-bond acceptors (Lipinski definition) is 3. The largest absolute Gasteiger partial charge is 0.398 e. The molecule has 1 aromatic heterocycles. The second-order valence-electron chi connectivity index (χ2n) is 4.08. The van der Waals surface area contributed by atoms with Crippen molar-refractivity contribution in [3.63, 3.8) is 0 Å². The lowest BCUT2D eigenvalue weighted by molar-refractivity contribution is 0.0952. The first-order valence-electron chi connectivity index (χ1n) is 5.71. The van der Waals surface area contributed by atoms with Gasteiger partial charge < -0.3 is 11.1 Å². The maximum absolute atomic E-state index is 11.9. The summed E-state index contributed by atoms with van der Waals surface area (Å²) in [6.45, 7) is 2.37. The predicted molar refractivity (Wildman–Crippen MR) is 71.0 cm³/mol. The van der Waals surface area contributed by atoms with Crippen LogP contribution in [0.3, 0.4) is 0 Å². The van der Waals surface area contributed by atoms with E-state index in [2.05, 4.69) is 10.3 Å². The number of nitrogens with one attached hydrogen (secondary N) is 1. The standard InChI is InChI=1S/C14H15N3O/c1-10-6-7-11(8-16-10)9-17-14(18)12-4-2-3-5-13(12)15/h2-8H,9,15H2,1H3,(H,17,18). The van der Waals surface area contributed by atoms with E-state index in [1.165, 1.54) is 0 Å². The molecule has 1 aromatic carbocycles. The summed E-state index contributed by atoms with van der Waals surface area (Å²) in [5.41, 5.74) is 8.64. The molecule has 0 aliphatic rings. The number of nitrogen functional groups attached to an aromatic ring is 1. The van der Waals surface area contributed by atoms with Gasteiger partial charge >= 0.3 is 0 Å². The zero-order chi connectivity index (χ0) is 13.0. The number of pyridine rings is 1. The molecule has 0 saturated heterocycles. The highest BCUT2D eigenvalue weighted by Crippen LogP contribution is 2.10. The van der Waals surface area contributed by atoms with Gasteiger partial charge in [-0.05, 0) is 30.7 Å². The number of aryl methyl sites for hydroxylation is 1. The molecule has 0 atom stereocenters. The molecule has 0 aliphatic carbocycles. The second kappa shape index (κ2) is 5.31. The predicted octanol–water partition coefficient (Wildman–Crippen LogP) is 1.90. The fraction of sp³-hybridized carbons (Fsp3) is 0.143. The van der Waals surface area contributed by atoms with Crippen molar-refractivity contribution in [1.29, 1.82) is 0 Å². The van der Waals surface area contributed by atoms with Gasteiger partial charge in [0.25, 0.3) is 5.91 Å². The molecule has 2 aromatic rings. The summed E-state index contributed by atoms with van der Waals surface area (Å²) in [6.07, 6.45) is 1.75. The highest BCUT2D eigenvalue weighted by Gasteiger charge is 2.07. The number of nitrogens with two attached hydrogens (primary N) is 1. The Labute approximate surface area is 106 Å². The molecule has 0 unspecified atom stereocenters. The smallest absolute Gasteiger partial charge is 0.253 e. The lowest BCUT2D eigenvalue weighted by Crippen LogP contribution is -2.23. The number of carbonyl (C=O) groups is 1. The van der Waals surface area contributed by atoms with Gasteiger partial charge in [0.05, 0.1) is 5.56 Å². The Balaban J connectivity index is 2.01. The third-order valence-electron chi connectivity index (χ3n) is 2.63. The van der Waals surface area contributed by atoms with Crippen molar-refractivity contribution in [1.82, 2.24) is 10.3 Å². The summed E-state index contributed by atoms with van der Waals surface area (Å²) in [4.78, 5) is 16.1. The molecule has 3 N–H and O–H groups in total. The third kappa shape index (κ3) is 2.85. The number of rotatable bonds is 3. The Morgan fingerprint density at radius 2 is 2.06 bits per heavy atom. The van der Waals surface area contributed by atoms with Gasteiger partial charge in [0.2, 0.25) is 0 Å².